The Hall–Kier alpha value is -1.33. The fourth-order valence-electron chi connectivity index (χ4n) is 6.12. The van der Waals surface area contributed by atoms with Gasteiger partial charge in [0.25, 0.3) is 0 Å². The number of nitrogens with zero attached hydrogens (tertiary/aromatic N) is 3. The van der Waals surface area contributed by atoms with Crippen LogP contribution < -0.4 is 4.90 Å². The molecule has 0 spiro atoms. The second kappa shape index (κ2) is 8.55. The fourth-order valence-corrected chi connectivity index (χ4v) is 6.40. The molecule has 0 aliphatic carbocycles. The molecule has 3 aliphatic heterocycles. The highest BCUT2D eigenvalue weighted by atomic mass is 35.5. The van der Waals surface area contributed by atoms with Gasteiger partial charge in [0.05, 0.1) is 12.7 Å². The van der Waals surface area contributed by atoms with Gasteiger partial charge in [-0.25, -0.2) is 4.98 Å². The first kappa shape index (κ1) is 21.5. The molecule has 0 amide bonds. The number of rotatable bonds is 4. The number of morpholine rings is 1. The van der Waals surface area contributed by atoms with Gasteiger partial charge in [-0.1, -0.05) is 35.3 Å². The summed E-state index contributed by atoms with van der Waals surface area (Å²) in [7, 11) is 0. The van der Waals surface area contributed by atoms with Crippen LogP contribution in [0.1, 0.15) is 45.1 Å². The molecule has 3 saturated heterocycles. The van der Waals surface area contributed by atoms with E-state index in [0.717, 1.165) is 41.9 Å². The van der Waals surface area contributed by atoms with Gasteiger partial charge in [-0.05, 0) is 75.8 Å². The van der Waals surface area contributed by atoms with Crippen molar-refractivity contribution in [2.45, 2.75) is 75.7 Å². The van der Waals surface area contributed by atoms with Crippen molar-refractivity contribution in [3.8, 4) is 0 Å². The molecule has 2 bridgehead atoms. The lowest BCUT2D eigenvalue weighted by Crippen LogP contribution is -2.61. The number of hydrogen-bond acceptors (Lipinski definition) is 4. The number of pyridine rings is 1. The SMILES string of the molecule is C[C@H]1CN(C2C[C@@H]3CC[C@](C)(C2)N3c2cc(Cl)ccn2)[C@@H](Cc2ccc(Cl)cc2)CO1. The van der Waals surface area contributed by atoms with Gasteiger partial charge in [-0.3, -0.25) is 4.90 Å². The molecule has 5 rings (SSSR count). The van der Waals surface area contributed by atoms with E-state index in [4.69, 9.17) is 27.9 Å². The molecule has 0 radical (unpaired) electrons. The molecule has 166 valence electrons. The van der Waals surface area contributed by atoms with Crippen LogP contribution >= 0.6 is 23.2 Å². The fraction of sp³-hybridized carbons (Fsp3) is 0.560. The zero-order valence-electron chi connectivity index (χ0n) is 18.3. The van der Waals surface area contributed by atoms with Crippen LogP contribution in [0.5, 0.6) is 0 Å². The molecule has 3 aliphatic rings. The average molecular weight is 460 g/mol. The zero-order chi connectivity index (χ0) is 21.6. The van der Waals surface area contributed by atoms with Crippen LogP contribution in [0.15, 0.2) is 42.6 Å². The smallest absolute Gasteiger partial charge is 0.130 e. The lowest BCUT2D eigenvalue weighted by Gasteiger charge is -2.52. The largest absolute Gasteiger partial charge is 0.376 e. The molecular weight excluding hydrogens is 429 g/mol. The number of ether oxygens (including phenoxy) is 1. The van der Waals surface area contributed by atoms with Crippen molar-refractivity contribution in [1.82, 2.24) is 9.88 Å². The van der Waals surface area contributed by atoms with E-state index in [-0.39, 0.29) is 11.6 Å². The minimum absolute atomic E-state index is 0.123. The predicted octanol–water partition coefficient (Wildman–Crippen LogP) is 5.61. The van der Waals surface area contributed by atoms with Crippen molar-refractivity contribution in [3.63, 3.8) is 0 Å². The number of halogens is 2. The minimum atomic E-state index is 0.123. The van der Waals surface area contributed by atoms with Crippen molar-refractivity contribution in [2.24, 2.45) is 0 Å². The Morgan fingerprint density at radius 3 is 2.68 bits per heavy atom. The Balaban J connectivity index is 1.37. The van der Waals surface area contributed by atoms with Gasteiger partial charge in [-0.2, -0.15) is 0 Å². The average Bonchev–Trinajstić information content (AvgIpc) is 2.95. The number of benzene rings is 1. The highest BCUT2D eigenvalue weighted by Crippen LogP contribution is 2.48. The molecule has 2 aromatic rings. The lowest BCUT2D eigenvalue weighted by molar-refractivity contribution is -0.0788. The maximum atomic E-state index is 6.30. The number of piperidine rings is 1. The molecular formula is C25H31Cl2N3O. The van der Waals surface area contributed by atoms with Crippen LogP contribution in [0, 0.1) is 0 Å². The van der Waals surface area contributed by atoms with Crippen molar-refractivity contribution in [2.75, 3.05) is 18.1 Å². The third kappa shape index (κ3) is 4.32. The molecule has 4 heterocycles. The van der Waals surface area contributed by atoms with Gasteiger partial charge in [0.15, 0.2) is 0 Å². The molecule has 0 saturated carbocycles. The maximum Gasteiger partial charge on any atom is 0.130 e. The molecule has 6 heteroatoms. The van der Waals surface area contributed by atoms with Gasteiger partial charge in [-0.15, -0.1) is 0 Å². The molecule has 31 heavy (non-hydrogen) atoms. The molecule has 1 aromatic heterocycles. The Morgan fingerprint density at radius 2 is 1.94 bits per heavy atom. The van der Waals surface area contributed by atoms with Crippen LogP contribution in [0.25, 0.3) is 0 Å². The molecule has 0 N–H and O–H groups in total. The molecule has 1 aromatic carbocycles. The summed E-state index contributed by atoms with van der Waals surface area (Å²) >= 11 is 12.4. The van der Waals surface area contributed by atoms with Crippen LogP contribution in [-0.4, -0.2) is 52.8 Å². The van der Waals surface area contributed by atoms with E-state index in [9.17, 15) is 0 Å². The lowest BCUT2D eigenvalue weighted by atomic mass is 9.84. The third-order valence-corrected chi connectivity index (χ3v) is 7.99. The normalized spacial score (nSPS) is 33.6. The summed E-state index contributed by atoms with van der Waals surface area (Å²) in [6.07, 6.45) is 7.88. The van der Waals surface area contributed by atoms with Crippen molar-refractivity contribution in [3.05, 3.63) is 58.2 Å². The van der Waals surface area contributed by atoms with E-state index in [2.05, 4.69) is 40.8 Å². The molecule has 5 atom stereocenters. The first-order valence-electron chi connectivity index (χ1n) is 11.4. The van der Waals surface area contributed by atoms with Gasteiger partial charge in [0.2, 0.25) is 0 Å². The summed E-state index contributed by atoms with van der Waals surface area (Å²) in [6, 6.07) is 13.7. The highest BCUT2D eigenvalue weighted by Gasteiger charge is 2.51. The standard InChI is InChI=1S/C25H31Cl2N3O/c1-17-15-29(23(16-31-17)11-18-3-5-19(26)6-4-18)22-13-21-7-9-25(2,14-22)30(21)24-12-20(27)8-10-28-24/h3-6,8,10,12,17,21-23H,7,9,11,13-16H2,1-2H3/t17-,21-,22?,23-,25+/m0/s1. The predicted molar refractivity (Wildman–Crippen MR) is 127 cm³/mol. The maximum absolute atomic E-state index is 6.30. The number of anilines is 1. The van der Waals surface area contributed by atoms with E-state index in [1.807, 2.05) is 30.5 Å². The topological polar surface area (TPSA) is 28.6 Å². The van der Waals surface area contributed by atoms with Crippen LogP contribution in [0.4, 0.5) is 5.82 Å². The summed E-state index contributed by atoms with van der Waals surface area (Å²) < 4.78 is 6.10. The van der Waals surface area contributed by atoms with Crippen molar-refractivity contribution in [1.29, 1.82) is 0 Å². The quantitative estimate of drug-likeness (QED) is 0.593. The first-order chi connectivity index (χ1) is 14.9. The summed E-state index contributed by atoms with van der Waals surface area (Å²) in [4.78, 5) is 9.99. The van der Waals surface area contributed by atoms with Gasteiger partial charge in [0, 0.05) is 46.5 Å². The third-order valence-electron chi connectivity index (χ3n) is 7.50. The van der Waals surface area contributed by atoms with Crippen molar-refractivity contribution < 1.29 is 4.74 Å². The Labute approximate surface area is 195 Å². The Kier molecular flexibility index (Phi) is 5.93. The highest BCUT2D eigenvalue weighted by molar-refractivity contribution is 6.31. The van der Waals surface area contributed by atoms with Crippen molar-refractivity contribution >= 4 is 29.0 Å². The first-order valence-corrected chi connectivity index (χ1v) is 12.2. The van der Waals surface area contributed by atoms with Gasteiger partial charge < -0.3 is 9.64 Å². The van der Waals surface area contributed by atoms with E-state index >= 15 is 0 Å². The number of fused-ring (bicyclic) bond motifs is 2. The number of hydrogen-bond donors (Lipinski definition) is 0. The van der Waals surface area contributed by atoms with Crippen LogP contribution in [-0.2, 0) is 11.2 Å². The minimum Gasteiger partial charge on any atom is -0.376 e. The van der Waals surface area contributed by atoms with Gasteiger partial charge in [0.1, 0.15) is 5.82 Å². The summed E-state index contributed by atoms with van der Waals surface area (Å²) in [5.41, 5.74) is 1.45. The van der Waals surface area contributed by atoms with Gasteiger partial charge >= 0.3 is 0 Å². The number of aromatic nitrogens is 1. The molecule has 3 fully saturated rings. The van der Waals surface area contributed by atoms with Crippen LogP contribution in [0.2, 0.25) is 10.0 Å². The van der Waals surface area contributed by atoms with E-state index < -0.39 is 0 Å². The zero-order valence-corrected chi connectivity index (χ0v) is 19.8. The van der Waals surface area contributed by atoms with Crippen LogP contribution in [0.3, 0.4) is 0 Å². The molecule has 4 nitrogen and oxygen atoms in total. The monoisotopic (exact) mass is 459 g/mol. The van der Waals surface area contributed by atoms with E-state index in [1.165, 1.54) is 24.8 Å². The summed E-state index contributed by atoms with van der Waals surface area (Å²) in [5.74, 6) is 1.03. The second-order valence-electron chi connectivity index (χ2n) is 9.81. The summed E-state index contributed by atoms with van der Waals surface area (Å²) in [6.45, 7) is 6.41. The van der Waals surface area contributed by atoms with E-state index in [0.29, 0.717) is 18.1 Å². The summed E-state index contributed by atoms with van der Waals surface area (Å²) in [5, 5.41) is 1.56. The molecule has 1 unspecified atom stereocenters. The van der Waals surface area contributed by atoms with E-state index in [1.54, 1.807) is 0 Å². The Morgan fingerprint density at radius 1 is 1.13 bits per heavy atom. The second-order valence-corrected chi connectivity index (χ2v) is 10.7. The Bertz CT molecular complexity index is 923.